The highest BCUT2D eigenvalue weighted by molar-refractivity contribution is 9.10. The van der Waals surface area contributed by atoms with Gasteiger partial charge in [-0.2, -0.15) is 0 Å². The first-order valence-corrected chi connectivity index (χ1v) is 13.2. The molecule has 168 valence electrons. The zero-order chi connectivity index (χ0) is 22.2. The Balaban J connectivity index is 1.33. The molecule has 5 heterocycles. The lowest BCUT2D eigenvalue weighted by atomic mass is 9.96. The van der Waals surface area contributed by atoms with Crippen LogP contribution in [0.2, 0.25) is 0 Å². The highest BCUT2D eigenvalue weighted by atomic mass is 79.9. The number of halogens is 1. The molecule has 1 saturated heterocycles. The van der Waals surface area contributed by atoms with Crippen LogP contribution < -0.4 is 4.90 Å². The zero-order valence-electron chi connectivity index (χ0n) is 18.4. The third-order valence-corrected chi connectivity index (χ3v) is 8.56. The number of fused-ring (bicyclic) bond motifs is 3. The summed E-state index contributed by atoms with van der Waals surface area (Å²) < 4.78 is 1.08. The van der Waals surface area contributed by atoms with Crippen molar-refractivity contribution in [3.05, 3.63) is 63.5 Å². The molecule has 4 aromatic heterocycles. The molecular formula is C25H25BrN6S. The van der Waals surface area contributed by atoms with Gasteiger partial charge < -0.3 is 4.90 Å². The molecule has 1 aliphatic heterocycles. The van der Waals surface area contributed by atoms with Crippen molar-refractivity contribution in [1.29, 1.82) is 0 Å². The van der Waals surface area contributed by atoms with Gasteiger partial charge in [-0.25, -0.2) is 9.97 Å². The van der Waals surface area contributed by atoms with E-state index in [1.54, 1.807) is 0 Å². The fraction of sp³-hybridized carbons (Fsp3) is 0.360. The van der Waals surface area contributed by atoms with Crippen LogP contribution in [-0.4, -0.2) is 51.0 Å². The number of hydrogen-bond donors (Lipinski definition) is 0. The Morgan fingerprint density at radius 3 is 2.52 bits per heavy atom. The standard InChI is InChI=1S/C25H25BrN6S/c26-20-15-28-10-7-18(20)16-31-11-13-32(14-12-31)24-22-19-3-1-2-4-21(19)33-25(22)30-23(29-24)17-5-8-27-9-6-17/h5-10,15H,1-4,11-14,16H2. The Morgan fingerprint density at radius 2 is 1.70 bits per heavy atom. The van der Waals surface area contributed by atoms with Gasteiger partial charge in [-0.1, -0.05) is 0 Å². The van der Waals surface area contributed by atoms with Crippen LogP contribution in [-0.2, 0) is 19.4 Å². The van der Waals surface area contributed by atoms with Crippen LogP contribution >= 0.6 is 27.3 Å². The van der Waals surface area contributed by atoms with Crippen molar-refractivity contribution in [2.45, 2.75) is 32.2 Å². The van der Waals surface area contributed by atoms with Gasteiger partial charge in [0.15, 0.2) is 5.82 Å². The normalized spacial score (nSPS) is 16.8. The van der Waals surface area contributed by atoms with Crippen molar-refractivity contribution >= 4 is 43.3 Å². The lowest BCUT2D eigenvalue weighted by Gasteiger charge is -2.36. The van der Waals surface area contributed by atoms with Crippen molar-refractivity contribution in [2.24, 2.45) is 0 Å². The van der Waals surface area contributed by atoms with Crippen molar-refractivity contribution in [3.63, 3.8) is 0 Å². The first-order chi connectivity index (χ1) is 16.3. The molecule has 6 nitrogen and oxygen atoms in total. The zero-order valence-corrected chi connectivity index (χ0v) is 20.8. The lowest BCUT2D eigenvalue weighted by Crippen LogP contribution is -2.46. The molecule has 0 N–H and O–H groups in total. The second-order valence-electron chi connectivity index (χ2n) is 8.73. The third kappa shape index (κ3) is 4.16. The number of piperazine rings is 1. The lowest BCUT2D eigenvalue weighted by molar-refractivity contribution is 0.249. The molecule has 0 saturated carbocycles. The summed E-state index contributed by atoms with van der Waals surface area (Å²) in [5.41, 5.74) is 3.82. The van der Waals surface area contributed by atoms with Crippen molar-refractivity contribution in [3.8, 4) is 11.4 Å². The van der Waals surface area contributed by atoms with E-state index in [-0.39, 0.29) is 0 Å². The fourth-order valence-electron chi connectivity index (χ4n) is 4.89. The highest BCUT2D eigenvalue weighted by Crippen LogP contribution is 2.41. The number of pyridine rings is 2. The minimum atomic E-state index is 0.807. The van der Waals surface area contributed by atoms with Crippen molar-refractivity contribution in [1.82, 2.24) is 24.8 Å². The van der Waals surface area contributed by atoms with E-state index in [1.165, 1.54) is 40.7 Å². The second kappa shape index (κ2) is 9.08. The molecule has 1 fully saturated rings. The summed E-state index contributed by atoms with van der Waals surface area (Å²) in [6, 6.07) is 6.11. The molecule has 2 aliphatic rings. The molecule has 6 rings (SSSR count). The van der Waals surface area contributed by atoms with E-state index < -0.39 is 0 Å². The molecule has 8 heteroatoms. The summed E-state index contributed by atoms with van der Waals surface area (Å²) in [7, 11) is 0. The molecule has 0 bridgehead atoms. The summed E-state index contributed by atoms with van der Waals surface area (Å²) in [6.45, 7) is 4.89. The van der Waals surface area contributed by atoms with Gasteiger partial charge in [0.2, 0.25) is 0 Å². The number of aryl methyl sites for hydroxylation is 2. The van der Waals surface area contributed by atoms with E-state index in [0.717, 1.165) is 65.7 Å². The van der Waals surface area contributed by atoms with Gasteiger partial charge in [-0.3, -0.25) is 14.9 Å². The largest absolute Gasteiger partial charge is 0.353 e. The van der Waals surface area contributed by atoms with Crippen LogP contribution in [0.4, 0.5) is 5.82 Å². The molecule has 4 aromatic rings. The van der Waals surface area contributed by atoms with Crippen LogP contribution in [0.1, 0.15) is 28.8 Å². The van der Waals surface area contributed by atoms with Crippen molar-refractivity contribution in [2.75, 3.05) is 31.1 Å². The first-order valence-electron chi connectivity index (χ1n) is 11.5. The van der Waals surface area contributed by atoms with E-state index >= 15 is 0 Å². The predicted octanol–water partition coefficient (Wildman–Crippen LogP) is 5.11. The van der Waals surface area contributed by atoms with Gasteiger partial charge in [-0.15, -0.1) is 11.3 Å². The number of hydrogen-bond acceptors (Lipinski definition) is 7. The quantitative estimate of drug-likeness (QED) is 0.372. The summed E-state index contributed by atoms with van der Waals surface area (Å²) in [5, 5.41) is 1.30. The van der Waals surface area contributed by atoms with Gasteiger partial charge in [0.05, 0.1) is 5.39 Å². The molecular weight excluding hydrogens is 496 g/mol. The number of nitrogens with zero attached hydrogens (tertiary/aromatic N) is 6. The topological polar surface area (TPSA) is 58.0 Å². The van der Waals surface area contributed by atoms with E-state index in [1.807, 2.05) is 48.3 Å². The van der Waals surface area contributed by atoms with Crippen LogP contribution in [0.5, 0.6) is 0 Å². The monoisotopic (exact) mass is 520 g/mol. The Morgan fingerprint density at radius 1 is 0.909 bits per heavy atom. The maximum Gasteiger partial charge on any atom is 0.163 e. The number of aromatic nitrogens is 4. The van der Waals surface area contributed by atoms with E-state index in [0.29, 0.717) is 0 Å². The highest BCUT2D eigenvalue weighted by Gasteiger charge is 2.26. The minimum Gasteiger partial charge on any atom is -0.353 e. The van der Waals surface area contributed by atoms with Gasteiger partial charge in [0.25, 0.3) is 0 Å². The average Bonchev–Trinajstić information content (AvgIpc) is 3.24. The van der Waals surface area contributed by atoms with Crippen LogP contribution in [0.25, 0.3) is 21.6 Å². The maximum absolute atomic E-state index is 5.16. The van der Waals surface area contributed by atoms with Crippen LogP contribution in [0.3, 0.4) is 0 Å². The molecule has 33 heavy (non-hydrogen) atoms. The molecule has 0 aromatic carbocycles. The van der Waals surface area contributed by atoms with Gasteiger partial charge in [-0.05, 0) is 70.9 Å². The maximum atomic E-state index is 5.16. The Kier molecular flexibility index (Phi) is 5.82. The van der Waals surface area contributed by atoms with E-state index in [9.17, 15) is 0 Å². The smallest absolute Gasteiger partial charge is 0.163 e. The molecule has 0 atom stereocenters. The fourth-order valence-corrected chi connectivity index (χ4v) is 6.52. The average molecular weight is 521 g/mol. The SMILES string of the molecule is Brc1cnccc1CN1CCN(c2nc(-c3ccncc3)nc3sc4c(c23)CCCC4)CC1. The third-order valence-electron chi connectivity index (χ3n) is 6.66. The van der Waals surface area contributed by atoms with Crippen molar-refractivity contribution < 1.29 is 0 Å². The van der Waals surface area contributed by atoms with Crippen LogP contribution in [0, 0.1) is 0 Å². The van der Waals surface area contributed by atoms with E-state index in [2.05, 4.69) is 41.8 Å². The number of thiophene rings is 1. The minimum absolute atomic E-state index is 0.807. The van der Waals surface area contributed by atoms with Crippen LogP contribution in [0.15, 0.2) is 47.5 Å². The molecule has 0 spiro atoms. The summed E-state index contributed by atoms with van der Waals surface area (Å²) in [4.78, 5) is 26.2. The summed E-state index contributed by atoms with van der Waals surface area (Å²) in [6.07, 6.45) is 12.3. The summed E-state index contributed by atoms with van der Waals surface area (Å²) >= 11 is 5.52. The van der Waals surface area contributed by atoms with Gasteiger partial charge in [0, 0.05) is 72.4 Å². The molecule has 0 radical (unpaired) electrons. The number of rotatable bonds is 4. The molecule has 0 unspecified atom stereocenters. The Hall–Kier alpha value is -2.42. The summed E-state index contributed by atoms with van der Waals surface area (Å²) in [5.74, 6) is 1.93. The van der Waals surface area contributed by atoms with Gasteiger partial charge >= 0.3 is 0 Å². The molecule has 1 aliphatic carbocycles. The van der Waals surface area contributed by atoms with E-state index in [4.69, 9.17) is 9.97 Å². The first kappa shape index (κ1) is 21.1. The number of anilines is 1. The predicted molar refractivity (Wildman–Crippen MR) is 137 cm³/mol. The van der Waals surface area contributed by atoms with Gasteiger partial charge in [0.1, 0.15) is 10.6 Å². The second-order valence-corrected chi connectivity index (χ2v) is 10.7. The Labute approximate surface area is 205 Å². The molecule has 0 amide bonds. The Bertz CT molecular complexity index is 1280.